The summed E-state index contributed by atoms with van der Waals surface area (Å²) in [6.07, 6.45) is 0.778. The Balaban J connectivity index is 1.74. The third-order valence-electron chi connectivity index (χ3n) is 6.76. The minimum atomic E-state index is -1.45. The van der Waals surface area contributed by atoms with Crippen LogP contribution in [0.4, 0.5) is 14.5 Å². The molecule has 3 aliphatic rings. The van der Waals surface area contributed by atoms with Crippen molar-refractivity contribution >= 4 is 22.6 Å². The van der Waals surface area contributed by atoms with E-state index in [1.165, 1.54) is 11.7 Å². The van der Waals surface area contributed by atoms with Gasteiger partial charge in [0.05, 0.1) is 30.7 Å². The van der Waals surface area contributed by atoms with Gasteiger partial charge in [0.25, 0.3) is 0 Å². The van der Waals surface area contributed by atoms with Crippen molar-refractivity contribution in [3.63, 3.8) is 0 Å². The highest BCUT2D eigenvalue weighted by molar-refractivity contribution is 5.97. The van der Waals surface area contributed by atoms with E-state index in [1.54, 1.807) is 4.90 Å². The van der Waals surface area contributed by atoms with Gasteiger partial charge >= 0.3 is 5.97 Å². The van der Waals surface area contributed by atoms with Crippen LogP contribution in [0.5, 0.6) is 5.75 Å². The van der Waals surface area contributed by atoms with E-state index in [2.05, 4.69) is 0 Å². The number of hydrogen-bond donors (Lipinski definition) is 2. The molecule has 31 heavy (non-hydrogen) atoms. The van der Waals surface area contributed by atoms with Crippen molar-refractivity contribution in [2.45, 2.75) is 30.6 Å². The number of aromatic nitrogens is 1. The zero-order valence-corrected chi connectivity index (χ0v) is 16.9. The summed E-state index contributed by atoms with van der Waals surface area (Å²) >= 11 is 0. The van der Waals surface area contributed by atoms with Crippen LogP contribution in [0.15, 0.2) is 17.1 Å². The number of fused-ring (bicyclic) bond motifs is 2. The second-order valence-corrected chi connectivity index (χ2v) is 8.68. The lowest BCUT2D eigenvalue weighted by molar-refractivity contribution is 0.0241. The molecule has 0 radical (unpaired) electrons. The number of nitrogens with zero attached hydrogens (tertiary/aromatic N) is 2. The minimum Gasteiger partial charge on any atom is -0.492 e. The largest absolute Gasteiger partial charge is 0.492 e. The Morgan fingerprint density at radius 2 is 2.19 bits per heavy atom. The molecule has 2 saturated heterocycles. The van der Waals surface area contributed by atoms with Gasteiger partial charge in [0, 0.05) is 43.8 Å². The number of methoxy groups -OCH3 is 1. The number of pyridine rings is 1. The summed E-state index contributed by atoms with van der Waals surface area (Å²) in [4.78, 5) is 26.2. The molecule has 1 aromatic carbocycles. The maximum Gasteiger partial charge on any atom is 0.341 e. The molecule has 5 rings (SSSR count). The van der Waals surface area contributed by atoms with E-state index < -0.39 is 40.5 Å². The molecule has 3 N–H and O–H groups in total. The van der Waals surface area contributed by atoms with Crippen molar-refractivity contribution < 1.29 is 28.2 Å². The highest BCUT2D eigenvalue weighted by Crippen LogP contribution is 2.47. The smallest absolute Gasteiger partial charge is 0.341 e. The van der Waals surface area contributed by atoms with Crippen molar-refractivity contribution in [3.8, 4) is 5.75 Å². The van der Waals surface area contributed by atoms with Gasteiger partial charge in [0.1, 0.15) is 17.4 Å². The van der Waals surface area contributed by atoms with Crippen LogP contribution in [0, 0.1) is 11.7 Å². The van der Waals surface area contributed by atoms with Gasteiger partial charge in [-0.15, -0.1) is 0 Å². The van der Waals surface area contributed by atoms with Gasteiger partial charge in [-0.2, -0.15) is 0 Å². The van der Waals surface area contributed by atoms with E-state index in [-0.39, 0.29) is 34.7 Å². The van der Waals surface area contributed by atoms with Crippen molar-refractivity contribution in [3.05, 3.63) is 33.9 Å². The normalized spacial score (nSPS) is 29.8. The number of hydrogen-bond acceptors (Lipinski definition) is 6. The molecule has 2 aliphatic heterocycles. The third-order valence-corrected chi connectivity index (χ3v) is 6.76. The molecule has 3 fully saturated rings. The first-order chi connectivity index (χ1) is 14.7. The second kappa shape index (κ2) is 6.89. The third kappa shape index (κ3) is 3.00. The van der Waals surface area contributed by atoms with Crippen molar-refractivity contribution in [2.75, 3.05) is 38.3 Å². The Morgan fingerprint density at radius 1 is 1.45 bits per heavy atom. The van der Waals surface area contributed by atoms with E-state index >= 15 is 4.39 Å². The number of carboxylic acids is 1. The molecule has 4 atom stereocenters. The van der Waals surface area contributed by atoms with Crippen LogP contribution >= 0.6 is 0 Å². The summed E-state index contributed by atoms with van der Waals surface area (Å²) in [5.74, 6) is -2.08. The molecule has 166 valence electrons. The molecule has 1 aliphatic carbocycles. The van der Waals surface area contributed by atoms with E-state index in [4.69, 9.17) is 15.2 Å². The number of carbonyl (C=O) groups is 1. The molecule has 0 bridgehead atoms. The number of nitrogens with two attached hydrogens (primary N) is 1. The zero-order valence-electron chi connectivity index (χ0n) is 16.9. The molecule has 3 unspecified atom stereocenters. The molecule has 3 heterocycles. The molecular weight excluding hydrogens is 412 g/mol. The van der Waals surface area contributed by atoms with Gasteiger partial charge in [-0.05, 0) is 12.5 Å². The quantitative estimate of drug-likeness (QED) is 0.753. The lowest BCUT2D eigenvalue weighted by Crippen LogP contribution is -2.52. The summed E-state index contributed by atoms with van der Waals surface area (Å²) in [5.41, 5.74) is 5.00. The van der Waals surface area contributed by atoms with Gasteiger partial charge in [-0.25, -0.2) is 13.6 Å². The van der Waals surface area contributed by atoms with Crippen LogP contribution in [0.25, 0.3) is 10.9 Å². The topological polar surface area (TPSA) is 107 Å². The van der Waals surface area contributed by atoms with Crippen LogP contribution in [0.1, 0.15) is 29.2 Å². The summed E-state index contributed by atoms with van der Waals surface area (Å²) in [5, 5.41) is 9.27. The predicted octanol–water partition coefficient (Wildman–Crippen LogP) is 1.68. The Labute approximate surface area is 176 Å². The average molecular weight is 435 g/mol. The van der Waals surface area contributed by atoms with Gasteiger partial charge in [-0.3, -0.25) is 4.79 Å². The number of anilines is 1. The molecule has 1 saturated carbocycles. The van der Waals surface area contributed by atoms with Crippen molar-refractivity contribution in [1.82, 2.24) is 4.57 Å². The summed E-state index contributed by atoms with van der Waals surface area (Å²) < 4.78 is 41.9. The Bertz CT molecular complexity index is 1150. The van der Waals surface area contributed by atoms with E-state index in [0.717, 1.165) is 12.3 Å². The fraction of sp³-hybridized carbons (Fsp3) is 0.524. The number of carboxylic acid groups (broad SMARTS) is 1. The monoisotopic (exact) mass is 435 g/mol. The lowest BCUT2D eigenvalue weighted by Gasteiger charge is -2.34. The second-order valence-electron chi connectivity index (χ2n) is 8.68. The van der Waals surface area contributed by atoms with Gasteiger partial charge < -0.3 is 29.8 Å². The van der Waals surface area contributed by atoms with E-state index in [9.17, 15) is 19.1 Å². The fourth-order valence-electron chi connectivity index (χ4n) is 4.94. The number of rotatable bonds is 4. The Kier molecular flexibility index (Phi) is 4.49. The Morgan fingerprint density at radius 3 is 2.81 bits per heavy atom. The fourth-order valence-corrected chi connectivity index (χ4v) is 4.94. The first-order valence-electron chi connectivity index (χ1n) is 10.2. The maximum absolute atomic E-state index is 15.4. The Hall–Kier alpha value is -2.72. The predicted molar refractivity (Wildman–Crippen MR) is 108 cm³/mol. The van der Waals surface area contributed by atoms with Crippen LogP contribution in [0.2, 0.25) is 0 Å². The highest BCUT2D eigenvalue weighted by atomic mass is 19.1. The molecule has 10 heteroatoms. The molecule has 1 aromatic heterocycles. The summed E-state index contributed by atoms with van der Waals surface area (Å²) in [6, 6.07) is 0.388. The minimum absolute atomic E-state index is 0.0105. The maximum atomic E-state index is 15.4. The molecule has 2 aromatic rings. The summed E-state index contributed by atoms with van der Waals surface area (Å²) in [7, 11) is 1.35. The van der Waals surface area contributed by atoms with E-state index in [0.29, 0.717) is 32.7 Å². The average Bonchev–Trinajstić information content (AvgIpc) is 3.33. The van der Waals surface area contributed by atoms with Crippen molar-refractivity contribution in [2.24, 2.45) is 11.7 Å². The van der Waals surface area contributed by atoms with Crippen LogP contribution < -0.4 is 20.8 Å². The van der Waals surface area contributed by atoms with Gasteiger partial charge in [0.15, 0.2) is 11.6 Å². The zero-order chi connectivity index (χ0) is 22.1. The van der Waals surface area contributed by atoms with E-state index in [1.807, 2.05) is 0 Å². The number of ether oxygens (including phenoxy) is 2. The number of aromatic carboxylic acids is 1. The van der Waals surface area contributed by atoms with Crippen LogP contribution in [-0.4, -0.2) is 60.8 Å². The molecular formula is C21H23F2N3O5. The number of alkyl halides is 1. The van der Waals surface area contributed by atoms with Gasteiger partial charge in [0.2, 0.25) is 5.43 Å². The van der Waals surface area contributed by atoms with Crippen molar-refractivity contribution in [1.29, 1.82) is 0 Å². The van der Waals surface area contributed by atoms with Crippen LogP contribution in [-0.2, 0) is 4.74 Å². The number of halogens is 2. The standard InChI is InChI=1S/C21H23F2N3O5/c1-30-19-16-11(18(27)12(20(28)29)7-26(16)15-5-13(15)22)4-14(23)17(19)25-6-10-8-31-3-2-21(10,24)9-25/h4,7,10,13,15H,2-3,5-6,8-9,24H2,1H3,(H,28,29)/t10?,13?,15?,21-/m1/s1. The number of benzene rings is 1. The highest BCUT2D eigenvalue weighted by Gasteiger charge is 2.47. The molecule has 0 amide bonds. The summed E-state index contributed by atoms with van der Waals surface area (Å²) in [6.45, 7) is 1.84. The lowest BCUT2D eigenvalue weighted by atomic mass is 9.84. The SMILES string of the molecule is COc1c(N2CC3COCC[C@@]3(N)C2)c(F)cc2c(=O)c(C(=O)O)cn(C3CC3F)c12. The van der Waals surface area contributed by atoms with Gasteiger partial charge in [-0.1, -0.05) is 0 Å². The van der Waals surface area contributed by atoms with Crippen LogP contribution in [0.3, 0.4) is 0 Å². The first-order valence-corrected chi connectivity index (χ1v) is 10.2. The molecule has 8 nitrogen and oxygen atoms in total. The molecule has 0 spiro atoms. The first kappa shape index (κ1) is 20.2.